The third-order valence-corrected chi connectivity index (χ3v) is 1.93. The molecule has 0 saturated heterocycles. The van der Waals surface area contributed by atoms with Crippen LogP contribution in [0.5, 0.6) is 5.75 Å². The van der Waals surface area contributed by atoms with Crippen LogP contribution in [0.1, 0.15) is 0 Å². The minimum absolute atomic E-state index is 0.735. The Morgan fingerprint density at radius 3 is 2.92 bits per heavy atom. The molecule has 0 atom stereocenters. The second-order valence-electron chi connectivity index (χ2n) is 2.48. The van der Waals surface area contributed by atoms with Crippen LogP contribution in [-0.2, 0) is 0 Å². The Morgan fingerprint density at radius 2 is 2.08 bits per heavy atom. The fourth-order valence-electron chi connectivity index (χ4n) is 1.12. The summed E-state index contributed by atoms with van der Waals surface area (Å²) < 4.78 is 4.79. The zero-order valence-corrected chi connectivity index (χ0v) is 7.16. The third kappa shape index (κ3) is 1.23. The van der Waals surface area contributed by atoms with Crippen molar-refractivity contribution in [1.82, 2.24) is 4.98 Å². The molecule has 0 aliphatic rings. The number of nitrogens with zero attached hydrogens (tertiary/aromatic N) is 1. The van der Waals surface area contributed by atoms with Gasteiger partial charge in [-0.1, -0.05) is 6.07 Å². The van der Waals surface area contributed by atoms with E-state index >= 15 is 0 Å². The van der Waals surface area contributed by atoms with Gasteiger partial charge in [0, 0.05) is 30.7 Å². The van der Waals surface area contributed by atoms with Gasteiger partial charge in [0.2, 0.25) is 0 Å². The van der Waals surface area contributed by atoms with Gasteiger partial charge in [-0.05, 0) is 23.6 Å². The summed E-state index contributed by atoms with van der Waals surface area (Å²) >= 11 is 3.72. The zero-order chi connectivity index (χ0) is 8.39. The van der Waals surface area contributed by atoms with Crippen LogP contribution in [0.2, 0.25) is 0 Å². The molecule has 0 amide bonds. The van der Waals surface area contributed by atoms with E-state index in [0.717, 1.165) is 16.5 Å². The molecule has 2 rings (SSSR count). The molecule has 2 aromatic rings. The Labute approximate surface area is 75.8 Å². The Bertz CT molecular complexity index is 402. The smallest absolute Gasteiger partial charge is 0.137 e. The van der Waals surface area contributed by atoms with Crippen LogP contribution in [0.4, 0.5) is 0 Å². The number of fused-ring (bicyclic) bond motifs is 1. The van der Waals surface area contributed by atoms with Gasteiger partial charge in [0.25, 0.3) is 0 Å². The lowest BCUT2D eigenvalue weighted by atomic mass is 10.2. The molecule has 2 nitrogen and oxygen atoms in total. The number of thiol groups is 1. The van der Waals surface area contributed by atoms with Crippen LogP contribution in [-0.4, -0.2) is 4.98 Å². The standard InChI is InChI=1S/C9H7NOS/c12-11-9-2-1-7-3-4-10-6-8(7)5-9/h1-6,12H. The average Bonchev–Trinajstić information content (AvgIpc) is 2.17. The highest BCUT2D eigenvalue weighted by molar-refractivity contribution is 7.75. The van der Waals surface area contributed by atoms with Crippen molar-refractivity contribution in [1.29, 1.82) is 0 Å². The van der Waals surface area contributed by atoms with Crippen molar-refractivity contribution < 1.29 is 4.18 Å². The lowest BCUT2D eigenvalue weighted by Gasteiger charge is -1.99. The normalized spacial score (nSPS) is 10.1. The molecule has 0 spiro atoms. The van der Waals surface area contributed by atoms with Gasteiger partial charge in [0.1, 0.15) is 5.75 Å². The largest absolute Gasteiger partial charge is 0.429 e. The summed E-state index contributed by atoms with van der Waals surface area (Å²) in [6.45, 7) is 0. The van der Waals surface area contributed by atoms with Crippen LogP contribution in [0.15, 0.2) is 36.7 Å². The van der Waals surface area contributed by atoms with E-state index < -0.39 is 0 Å². The van der Waals surface area contributed by atoms with Gasteiger partial charge in [-0.2, -0.15) is 0 Å². The van der Waals surface area contributed by atoms with E-state index in [1.165, 1.54) is 0 Å². The third-order valence-electron chi connectivity index (χ3n) is 1.72. The van der Waals surface area contributed by atoms with E-state index in [0.29, 0.717) is 0 Å². The van der Waals surface area contributed by atoms with Gasteiger partial charge in [0.05, 0.1) is 0 Å². The fraction of sp³-hybridized carbons (Fsp3) is 0. The lowest BCUT2D eigenvalue weighted by molar-refractivity contribution is 0.660. The van der Waals surface area contributed by atoms with Crippen molar-refractivity contribution in [3.05, 3.63) is 36.7 Å². The minimum atomic E-state index is 0.735. The molecule has 12 heavy (non-hydrogen) atoms. The molecule has 1 aromatic carbocycles. The molecule has 0 N–H and O–H groups in total. The first-order valence-corrected chi connectivity index (χ1v) is 3.92. The molecule has 0 aliphatic carbocycles. The predicted molar refractivity (Wildman–Crippen MR) is 51.4 cm³/mol. The van der Waals surface area contributed by atoms with Gasteiger partial charge in [0.15, 0.2) is 0 Å². The summed E-state index contributed by atoms with van der Waals surface area (Å²) in [5, 5.41) is 2.21. The zero-order valence-electron chi connectivity index (χ0n) is 6.27. The minimum Gasteiger partial charge on any atom is -0.429 e. The number of hydrogen-bond acceptors (Lipinski definition) is 3. The Hall–Kier alpha value is -1.22. The van der Waals surface area contributed by atoms with E-state index in [1.54, 1.807) is 12.4 Å². The quantitative estimate of drug-likeness (QED) is 0.534. The summed E-state index contributed by atoms with van der Waals surface area (Å²) in [6, 6.07) is 7.70. The number of rotatable bonds is 1. The highest BCUT2D eigenvalue weighted by atomic mass is 32.1. The molecule has 0 fully saturated rings. The second-order valence-corrected chi connectivity index (χ2v) is 2.66. The summed E-state index contributed by atoms with van der Waals surface area (Å²) in [4.78, 5) is 4.01. The highest BCUT2D eigenvalue weighted by Crippen LogP contribution is 2.19. The highest BCUT2D eigenvalue weighted by Gasteiger charge is 1.94. The van der Waals surface area contributed by atoms with Gasteiger partial charge in [-0.3, -0.25) is 4.98 Å². The Kier molecular flexibility index (Phi) is 1.87. The van der Waals surface area contributed by atoms with Crippen molar-refractivity contribution >= 4 is 23.7 Å². The average molecular weight is 177 g/mol. The Balaban J connectivity index is 2.67. The van der Waals surface area contributed by atoms with Crippen molar-refractivity contribution in [2.24, 2.45) is 0 Å². The van der Waals surface area contributed by atoms with E-state index in [9.17, 15) is 0 Å². The van der Waals surface area contributed by atoms with Crippen molar-refractivity contribution in [3.8, 4) is 5.75 Å². The molecular formula is C9H7NOS. The number of aromatic nitrogens is 1. The van der Waals surface area contributed by atoms with Crippen LogP contribution in [0.3, 0.4) is 0 Å². The molecule has 1 heterocycles. The molecule has 0 saturated carbocycles. The van der Waals surface area contributed by atoms with Crippen LogP contribution in [0, 0.1) is 0 Å². The van der Waals surface area contributed by atoms with E-state index in [1.807, 2.05) is 24.3 Å². The van der Waals surface area contributed by atoms with Gasteiger partial charge in [-0.25, -0.2) is 0 Å². The first-order chi connectivity index (χ1) is 5.90. The van der Waals surface area contributed by atoms with Gasteiger partial charge >= 0.3 is 0 Å². The fourth-order valence-corrected chi connectivity index (χ4v) is 1.23. The van der Waals surface area contributed by atoms with Gasteiger partial charge < -0.3 is 4.18 Å². The molecule has 0 radical (unpaired) electrons. The van der Waals surface area contributed by atoms with Crippen LogP contribution < -0.4 is 4.18 Å². The maximum absolute atomic E-state index is 4.79. The SMILES string of the molecule is SOc1ccc2ccncc2c1. The lowest BCUT2D eigenvalue weighted by Crippen LogP contribution is -1.77. The summed E-state index contributed by atoms with van der Waals surface area (Å²) in [6.07, 6.45) is 3.56. The van der Waals surface area contributed by atoms with Crippen molar-refractivity contribution in [2.45, 2.75) is 0 Å². The van der Waals surface area contributed by atoms with Crippen molar-refractivity contribution in [3.63, 3.8) is 0 Å². The number of pyridine rings is 1. The van der Waals surface area contributed by atoms with Crippen molar-refractivity contribution in [2.75, 3.05) is 0 Å². The summed E-state index contributed by atoms with van der Waals surface area (Å²) in [7, 11) is 0. The van der Waals surface area contributed by atoms with Crippen LogP contribution in [0.25, 0.3) is 10.8 Å². The van der Waals surface area contributed by atoms with E-state index in [2.05, 4.69) is 17.9 Å². The number of benzene rings is 1. The molecule has 0 aliphatic heterocycles. The monoisotopic (exact) mass is 177 g/mol. The molecular weight excluding hydrogens is 170 g/mol. The first-order valence-electron chi connectivity index (χ1n) is 3.55. The summed E-state index contributed by atoms with van der Waals surface area (Å²) in [5.41, 5.74) is 0. The first kappa shape index (κ1) is 7.43. The van der Waals surface area contributed by atoms with Crippen LogP contribution >= 0.6 is 12.9 Å². The van der Waals surface area contributed by atoms with Gasteiger partial charge in [-0.15, -0.1) is 0 Å². The number of hydrogen-bond donors (Lipinski definition) is 1. The molecule has 0 unspecified atom stereocenters. The maximum atomic E-state index is 4.79. The maximum Gasteiger partial charge on any atom is 0.137 e. The van der Waals surface area contributed by atoms with E-state index in [-0.39, 0.29) is 0 Å². The Morgan fingerprint density at radius 1 is 1.17 bits per heavy atom. The predicted octanol–water partition coefficient (Wildman–Crippen LogP) is 2.46. The molecule has 3 heteroatoms. The topological polar surface area (TPSA) is 22.1 Å². The molecule has 1 aromatic heterocycles. The molecule has 60 valence electrons. The summed E-state index contributed by atoms with van der Waals surface area (Å²) in [5.74, 6) is 0.735. The second kappa shape index (κ2) is 3.03. The van der Waals surface area contributed by atoms with E-state index in [4.69, 9.17) is 4.18 Å². The molecule has 0 bridgehead atoms.